The molecule has 0 unspecified atom stereocenters. The Balaban J connectivity index is 2.78. The Bertz CT molecular complexity index is 523. The minimum Gasteiger partial charge on any atom is -0.368 e. The van der Waals surface area contributed by atoms with Gasteiger partial charge in [0.25, 0.3) is 10.0 Å². The summed E-state index contributed by atoms with van der Waals surface area (Å²) in [6.45, 7) is 3.82. The highest BCUT2D eigenvalue weighted by atomic mass is 32.2. The molecule has 0 aliphatic carbocycles. The first-order valence-corrected chi connectivity index (χ1v) is 6.80. The van der Waals surface area contributed by atoms with Crippen LogP contribution in [0, 0.1) is 6.92 Å². The number of carbonyl (C=O) groups is 1. The number of sulfonamides is 1. The molecule has 18 heavy (non-hydrogen) atoms. The van der Waals surface area contributed by atoms with E-state index in [9.17, 15) is 13.2 Å². The van der Waals surface area contributed by atoms with Gasteiger partial charge in [0.15, 0.2) is 5.03 Å². The van der Waals surface area contributed by atoms with E-state index in [0.29, 0.717) is 12.4 Å². The predicted molar refractivity (Wildman–Crippen MR) is 62.7 cm³/mol. The van der Waals surface area contributed by atoms with Crippen molar-refractivity contribution in [1.29, 1.82) is 0 Å². The summed E-state index contributed by atoms with van der Waals surface area (Å²) < 4.78 is 25.2. The van der Waals surface area contributed by atoms with Crippen LogP contribution in [0.1, 0.15) is 19.2 Å². The SMILES string of the molecule is CCCn1cc(S(=O)(=O)NOCC(N)=O)nc1C. The molecule has 0 aliphatic heterocycles. The molecule has 0 saturated carbocycles. The number of nitrogens with one attached hydrogen (secondary N) is 1. The molecular formula is C9H16N4O4S. The summed E-state index contributed by atoms with van der Waals surface area (Å²) in [5.41, 5.74) is 4.81. The molecule has 3 N–H and O–H groups in total. The van der Waals surface area contributed by atoms with Gasteiger partial charge in [0.1, 0.15) is 12.4 Å². The number of imidazole rings is 1. The molecule has 1 heterocycles. The maximum atomic E-state index is 11.7. The van der Waals surface area contributed by atoms with Gasteiger partial charge in [-0.15, -0.1) is 0 Å². The number of primary amides is 1. The molecule has 0 aromatic carbocycles. The Labute approximate surface area is 105 Å². The average Bonchev–Trinajstić information content (AvgIpc) is 2.61. The monoisotopic (exact) mass is 276 g/mol. The first-order chi connectivity index (χ1) is 8.36. The van der Waals surface area contributed by atoms with Gasteiger partial charge >= 0.3 is 0 Å². The van der Waals surface area contributed by atoms with Crippen LogP contribution in [-0.2, 0) is 26.2 Å². The van der Waals surface area contributed by atoms with Crippen LogP contribution in [0.4, 0.5) is 0 Å². The van der Waals surface area contributed by atoms with Crippen molar-refractivity contribution in [3.63, 3.8) is 0 Å². The smallest absolute Gasteiger partial charge is 0.281 e. The standard InChI is InChI=1S/C9H16N4O4S/c1-3-4-13-5-9(11-7(13)2)18(15,16)12-17-6-8(10)14/h5,12H,3-4,6H2,1-2H3,(H2,10,14). The van der Waals surface area contributed by atoms with E-state index in [0.717, 1.165) is 6.42 Å². The van der Waals surface area contributed by atoms with Crippen molar-refractivity contribution in [3.8, 4) is 0 Å². The number of carbonyl (C=O) groups excluding carboxylic acids is 1. The van der Waals surface area contributed by atoms with Gasteiger partial charge in [-0.25, -0.2) is 13.4 Å². The van der Waals surface area contributed by atoms with E-state index in [4.69, 9.17) is 5.73 Å². The Morgan fingerprint density at radius 1 is 1.61 bits per heavy atom. The van der Waals surface area contributed by atoms with Crippen molar-refractivity contribution >= 4 is 15.9 Å². The lowest BCUT2D eigenvalue weighted by atomic mass is 10.5. The normalized spacial score (nSPS) is 11.7. The summed E-state index contributed by atoms with van der Waals surface area (Å²) in [7, 11) is -3.89. The van der Waals surface area contributed by atoms with E-state index in [1.807, 2.05) is 6.92 Å². The number of hydrogen-bond donors (Lipinski definition) is 2. The number of aryl methyl sites for hydroxylation is 2. The van der Waals surface area contributed by atoms with Crippen molar-refractivity contribution in [3.05, 3.63) is 12.0 Å². The van der Waals surface area contributed by atoms with Gasteiger partial charge in [0.2, 0.25) is 5.91 Å². The average molecular weight is 276 g/mol. The topological polar surface area (TPSA) is 116 Å². The van der Waals surface area contributed by atoms with E-state index < -0.39 is 22.5 Å². The minimum absolute atomic E-state index is 0.155. The maximum absolute atomic E-state index is 11.7. The molecule has 0 aliphatic rings. The number of hydrogen-bond acceptors (Lipinski definition) is 5. The highest BCUT2D eigenvalue weighted by Gasteiger charge is 2.19. The van der Waals surface area contributed by atoms with Crippen LogP contribution in [0.5, 0.6) is 0 Å². The molecule has 0 fully saturated rings. The Morgan fingerprint density at radius 2 is 2.28 bits per heavy atom. The molecule has 1 aromatic heterocycles. The zero-order chi connectivity index (χ0) is 13.8. The zero-order valence-electron chi connectivity index (χ0n) is 10.2. The fourth-order valence-corrected chi connectivity index (χ4v) is 2.11. The van der Waals surface area contributed by atoms with Crippen LogP contribution >= 0.6 is 0 Å². The Kier molecular flexibility index (Phi) is 4.82. The second-order valence-electron chi connectivity index (χ2n) is 3.66. The molecule has 0 bridgehead atoms. The molecule has 0 spiro atoms. The number of nitrogens with two attached hydrogens (primary N) is 1. The third-order valence-corrected chi connectivity index (χ3v) is 3.16. The van der Waals surface area contributed by atoms with E-state index in [2.05, 4.69) is 9.82 Å². The molecule has 102 valence electrons. The van der Waals surface area contributed by atoms with Gasteiger partial charge in [-0.05, 0) is 13.3 Å². The van der Waals surface area contributed by atoms with Crippen LogP contribution in [0.15, 0.2) is 11.2 Å². The first kappa shape index (κ1) is 14.6. The summed E-state index contributed by atoms with van der Waals surface area (Å²) in [5.74, 6) is -0.183. The fourth-order valence-electron chi connectivity index (χ4n) is 1.30. The quantitative estimate of drug-likeness (QED) is 0.638. The van der Waals surface area contributed by atoms with Crippen LogP contribution in [-0.4, -0.2) is 30.5 Å². The predicted octanol–water partition coefficient (Wildman–Crippen LogP) is -0.703. The molecular weight excluding hydrogens is 260 g/mol. The second-order valence-corrected chi connectivity index (χ2v) is 5.25. The molecule has 1 aromatic rings. The third kappa shape index (κ3) is 3.79. The van der Waals surface area contributed by atoms with Gasteiger partial charge in [-0.3, -0.25) is 9.63 Å². The molecule has 1 rings (SSSR count). The van der Waals surface area contributed by atoms with E-state index in [-0.39, 0.29) is 5.03 Å². The van der Waals surface area contributed by atoms with E-state index >= 15 is 0 Å². The minimum atomic E-state index is -3.89. The summed E-state index contributed by atoms with van der Waals surface area (Å²) >= 11 is 0. The molecule has 8 nitrogen and oxygen atoms in total. The largest absolute Gasteiger partial charge is 0.368 e. The summed E-state index contributed by atoms with van der Waals surface area (Å²) in [6.07, 6.45) is 2.27. The lowest BCUT2D eigenvalue weighted by molar-refractivity contribution is -0.123. The van der Waals surface area contributed by atoms with E-state index in [1.54, 1.807) is 16.4 Å². The van der Waals surface area contributed by atoms with Crippen molar-refractivity contribution in [2.75, 3.05) is 6.61 Å². The van der Waals surface area contributed by atoms with Crippen LogP contribution in [0.3, 0.4) is 0 Å². The molecule has 0 atom stereocenters. The molecule has 9 heteroatoms. The maximum Gasteiger partial charge on any atom is 0.281 e. The Morgan fingerprint density at radius 3 is 2.83 bits per heavy atom. The summed E-state index contributed by atoms with van der Waals surface area (Å²) in [5, 5.41) is -0.155. The Hall–Kier alpha value is -1.45. The van der Waals surface area contributed by atoms with Gasteiger partial charge in [0.05, 0.1) is 0 Å². The van der Waals surface area contributed by atoms with Gasteiger partial charge < -0.3 is 10.3 Å². The third-order valence-electron chi connectivity index (χ3n) is 2.08. The lowest BCUT2D eigenvalue weighted by Gasteiger charge is -2.02. The van der Waals surface area contributed by atoms with Crippen molar-refractivity contribution in [2.45, 2.75) is 31.8 Å². The van der Waals surface area contributed by atoms with Gasteiger partial charge in [-0.2, -0.15) is 0 Å². The molecule has 0 saturated heterocycles. The van der Waals surface area contributed by atoms with Crippen molar-refractivity contribution in [2.24, 2.45) is 5.73 Å². The van der Waals surface area contributed by atoms with Crippen LogP contribution < -0.4 is 10.6 Å². The molecule has 0 radical (unpaired) electrons. The number of amides is 1. The van der Waals surface area contributed by atoms with Crippen LogP contribution in [0.25, 0.3) is 0 Å². The highest BCUT2D eigenvalue weighted by molar-refractivity contribution is 7.89. The van der Waals surface area contributed by atoms with Crippen LogP contribution in [0.2, 0.25) is 0 Å². The summed E-state index contributed by atoms with van der Waals surface area (Å²) in [6, 6.07) is 0. The summed E-state index contributed by atoms with van der Waals surface area (Å²) in [4.78, 5) is 20.6. The lowest BCUT2D eigenvalue weighted by Crippen LogP contribution is -2.29. The number of rotatable bonds is 7. The van der Waals surface area contributed by atoms with Crippen molar-refractivity contribution < 1.29 is 18.0 Å². The highest BCUT2D eigenvalue weighted by Crippen LogP contribution is 2.09. The van der Waals surface area contributed by atoms with E-state index in [1.165, 1.54) is 6.20 Å². The first-order valence-electron chi connectivity index (χ1n) is 5.32. The van der Waals surface area contributed by atoms with Gasteiger partial charge in [-0.1, -0.05) is 11.8 Å². The fraction of sp³-hybridized carbons (Fsp3) is 0.556. The molecule has 1 amide bonds. The number of nitrogens with zero attached hydrogens (tertiary/aromatic N) is 2. The van der Waals surface area contributed by atoms with Crippen molar-refractivity contribution in [1.82, 2.24) is 14.4 Å². The number of aromatic nitrogens is 2. The van der Waals surface area contributed by atoms with Gasteiger partial charge in [0, 0.05) is 12.7 Å². The second kappa shape index (κ2) is 5.94. The zero-order valence-corrected chi connectivity index (χ0v) is 11.0.